The first-order valence-electron chi connectivity index (χ1n) is 7.14. The Bertz CT molecular complexity index is 432. The van der Waals surface area contributed by atoms with E-state index < -0.39 is 0 Å². The fourth-order valence-corrected chi connectivity index (χ4v) is 2.65. The van der Waals surface area contributed by atoms with Crippen LogP contribution in [0.15, 0.2) is 0 Å². The summed E-state index contributed by atoms with van der Waals surface area (Å²) in [6.07, 6.45) is 7.66. The molecular weight excluding hydrogens is 224 g/mol. The Balaban J connectivity index is 1.92. The van der Waals surface area contributed by atoms with Crippen molar-refractivity contribution in [3.63, 3.8) is 0 Å². The maximum atomic E-state index is 6.05. The van der Waals surface area contributed by atoms with Gasteiger partial charge in [0.1, 0.15) is 17.5 Å². The fourth-order valence-electron chi connectivity index (χ4n) is 2.65. The smallest absolute Gasteiger partial charge is 0.137 e. The maximum Gasteiger partial charge on any atom is 0.137 e. The molecule has 1 saturated heterocycles. The third kappa shape index (κ3) is 2.28. The zero-order valence-corrected chi connectivity index (χ0v) is 11.2. The van der Waals surface area contributed by atoms with Gasteiger partial charge in [0, 0.05) is 24.6 Å². The highest BCUT2D eigenvalue weighted by molar-refractivity contribution is 5.57. The van der Waals surface area contributed by atoms with Gasteiger partial charge in [-0.1, -0.05) is 12.8 Å². The molecule has 98 valence electrons. The molecule has 0 spiro atoms. The van der Waals surface area contributed by atoms with Gasteiger partial charge in [-0.05, 0) is 32.6 Å². The molecule has 1 saturated carbocycles. The monoisotopic (exact) mass is 246 g/mol. The Hall–Kier alpha value is -1.32. The van der Waals surface area contributed by atoms with Crippen LogP contribution in [-0.2, 0) is 0 Å². The van der Waals surface area contributed by atoms with Crippen molar-refractivity contribution in [2.45, 2.75) is 51.4 Å². The minimum Gasteiger partial charge on any atom is -0.383 e. The van der Waals surface area contributed by atoms with Crippen LogP contribution in [0.25, 0.3) is 0 Å². The number of rotatable bonds is 2. The van der Waals surface area contributed by atoms with Crippen molar-refractivity contribution >= 4 is 11.6 Å². The highest BCUT2D eigenvalue weighted by Crippen LogP contribution is 2.39. The second kappa shape index (κ2) is 4.75. The molecule has 2 N–H and O–H groups in total. The van der Waals surface area contributed by atoms with Crippen molar-refractivity contribution in [1.82, 2.24) is 9.97 Å². The van der Waals surface area contributed by atoms with Gasteiger partial charge in [-0.25, -0.2) is 9.97 Å². The van der Waals surface area contributed by atoms with Crippen LogP contribution in [0.2, 0.25) is 0 Å². The minimum absolute atomic E-state index is 0.568. The first-order valence-corrected chi connectivity index (χ1v) is 7.14. The van der Waals surface area contributed by atoms with Crippen LogP contribution in [0.4, 0.5) is 11.6 Å². The van der Waals surface area contributed by atoms with E-state index in [1.807, 2.05) is 6.92 Å². The molecule has 1 aromatic rings. The lowest BCUT2D eigenvalue weighted by atomic mass is 10.2. The summed E-state index contributed by atoms with van der Waals surface area (Å²) >= 11 is 0. The SMILES string of the molecule is Cc1c(N)nc(C2CC2)nc1N1CCCCCC1. The highest BCUT2D eigenvalue weighted by Gasteiger charge is 2.28. The molecule has 0 unspecified atom stereocenters. The van der Waals surface area contributed by atoms with Crippen molar-refractivity contribution in [2.75, 3.05) is 23.7 Å². The van der Waals surface area contributed by atoms with E-state index in [2.05, 4.69) is 9.88 Å². The van der Waals surface area contributed by atoms with Crippen LogP contribution in [-0.4, -0.2) is 23.1 Å². The second-order valence-electron chi connectivity index (χ2n) is 5.59. The third-order valence-corrected chi connectivity index (χ3v) is 4.02. The largest absolute Gasteiger partial charge is 0.383 e. The predicted octanol–water partition coefficient (Wildman–Crippen LogP) is 2.63. The number of nitrogen functional groups attached to an aromatic ring is 1. The molecule has 1 aromatic heterocycles. The number of hydrogen-bond donors (Lipinski definition) is 1. The van der Waals surface area contributed by atoms with Gasteiger partial charge in [-0.2, -0.15) is 0 Å². The summed E-state index contributed by atoms with van der Waals surface area (Å²) in [7, 11) is 0. The van der Waals surface area contributed by atoms with Gasteiger partial charge < -0.3 is 10.6 Å². The van der Waals surface area contributed by atoms with Gasteiger partial charge in [0.25, 0.3) is 0 Å². The van der Waals surface area contributed by atoms with E-state index in [1.54, 1.807) is 0 Å². The summed E-state index contributed by atoms with van der Waals surface area (Å²) in [6.45, 7) is 4.27. The van der Waals surface area contributed by atoms with Crippen molar-refractivity contribution < 1.29 is 0 Å². The zero-order chi connectivity index (χ0) is 12.5. The quantitative estimate of drug-likeness (QED) is 0.871. The van der Waals surface area contributed by atoms with E-state index in [1.165, 1.54) is 38.5 Å². The van der Waals surface area contributed by atoms with Crippen LogP contribution in [0, 0.1) is 6.92 Å². The van der Waals surface area contributed by atoms with Crippen LogP contribution >= 0.6 is 0 Å². The molecule has 2 heterocycles. The second-order valence-corrected chi connectivity index (χ2v) is 5.59. The summed E-state index contributed by atoms with van der Waals surface area (Å²) in [5.74, 6) is 3.30. The molecule has 3 rings (SSSR count). The molecule has 0 aromatic carbocycles. The normalized spacial score (nSPS) is 20.8. The molecule has 4 heteroatoms. The standard InChI is InChI=1S/C14H22N4/c1-10-12(15)16-13(11-6-7-11)17-14(10)18-8-4-2-3-5-9-18/h11H,2-9H2,1H3,(H2,15,16,17). The van der Waals surface area contributed by atoms with Gasteiger partial charge in [0.2, 0.25) is 0 Å². The topological polar surface area (TPSA) is 55.0 Å². The Morgan fingerprint density at radius 2 is 1.72 bits per heavy atom. The summed E-state index contributed by atoms with van der Waals surface area (Å²) in [5, 5.41) is 0. The number of hydrogen-bond acceptors (Lipinski definition) is 4. The van der Waals surface area contributed by atoms with Crippen molar-refractivity contribution in [2.24, 2.45) is 0 Å². The van der Waals surface area contributed by atoms with Gasteiger partial charge in [0.05, 0.1) is 0 Å². The lowest BCUT2D eigenvalue weighted by molar-refractivity contribution is 0.726. The highest BCUT2D eigenvalue weighted by atomic mass is 15.2. The lowest BCUT2D eigenvalue weighted by Crippen LogP contribution is -2.26. The van der Waals surface area contributed by atoms with Gasteiger partial charge >= 0.3 is 0 Å². The molecule has 1 aliphatic heterocycles. The van der Waals surface area contributed by atoms with Crippen molar-refractivity contribution in [3.8, 4) is 0 Å². The molecule has 2 fully saturated rings. The van der Waals surface area contributed by atoms with E-state index in [-0.39, 0.29) is 0 Å². The fraction of sp³-hybridized carbons (Fsp3) is 0.714. The summed E-state index contributed by atoms with van der Waals surface area (Å²) < 4.78 is 0. The Labute approximate surface area is 109 Å². The molecule has 0 bridgehead atoms. The Morgan fingerprint density at radius 1 is 1.06 bits per heavy atom. The first kappa shape index (κ1) is 11.8. The Morgan fingerprint density at radius 3 is 2.33 bits per heavy atom. The zero-order valence-electron chi connectivity index (χ0n) is 11.2. The molecule has 4 nitrogen and oxygen atoms in total. The van der Waals surface area contributed by atoms with Crippen molar-refractivity contribution in [1.29, 1.82) is 0 Å². The first-order chi connectivity index (χ1) is 8.75. The summed E-state index contributed by atoms with van der Waals surface area (Å²) in [5.41, 5.74) is 7.11. The average Bonchev–Trinajstić information content (AvgIpc) is 3.18. The van der Waals surface area contributed by atoms with Crippen LogP contribution in [0.5, 0.6) is 0 Å². The molecule has 0 radical (unpaired) electrons. The number of nitrogens with two attached hydrogens (primary N) is 1. The van der Waals surface area contributed by atoms with E-state index in [9.17, 15) is 0 Å². The average molecular weight is 246 g/mol. The Kier molecular flexibility index (Phi) is 3.10. The van der Waals surface area contributed by atoms with E-state index in [0.717, 1.165) is 30.3 Å². The summed E-state index contributed by atoms with van der Waals surface area (Å²) in [4.78, 5) is 11.7. The molecule has 18 heavy (non-hydrogen) atoms. The van der Waals surface area contributed by atoms with E-state index in [0.29, 0.717) is 11.7 Å². The summed E-state index contributed by atoms with van der Waals surface area (Å²) in [6, 6.07) is 0. The number of nitrogens with zero attached hydrogens (tertiary/aromatic N) is 3. The molecule has 0 atom stereocenters. The molecule has 1 aliphatic carbocycles. The maximum absolute atomic E-state index is 6.05. The third-order valence-electron chi connectivity index (χ3n) is 4.02. The molecule has 0 amide bonds. The molecular formula is C14H22N4. The van der Waals surface area contributed by atoms with E-state index in [4.69, 9.17) is 10.7 Å². The van der Waals surface area contributed by atoms with Crippen LogP contribution in [0.3, 0.4) is 0 Å². The van der Waals surface area contributed by atoms with Gasteiger partial charge in [0.15, 0.2) is 0 Å². The van der Waals surface area contributed by atoms with Gasteiger partial charge in [-0.15, -0.1) is 0 Å². The number of aromatic nitrogens is 2. The molecule has 2 aliphatic rings. The van der Waals surface area contributed by atoms with Crippen LogP contribution in [0.1, 0.15) is 55.8 Å². The van der Waals surface area contributed by atoms with Gasteiger partial charge in [-0.3, -0.25) is 0 Å². The van der Waals surface area contributed by atoms with Crippen LogP contribution < -0.4 is 10.6 Å². The van der Waals surface area contributed by atoms with Crippen molar-refractivity contribution in [3.05, 3.63) is 11.4 Å². The predicted molar refractivity (Wildman–Crippen MR) is 73.8 cm³/mol. The minimum atomic E-state index is 0.568. The van der Waals surface area contributed by atoms with E-state index >= 15 is 0 Å². The lowest BCUT2D eigenvalue weighted by Gasteiger charge is -2.24. The number of anilines is 2.